The third kappa shape index (κ3) is 40.4. The molecule has 0 aliphatic heterocycles. The number of pyridine rings is 6. The number of aromatic nitrogens is 6. The normalized spacial score (nSPS) is 12.3. The van der Waals surface area contributed by atoms with Gasteiger partial charge >= 0.3 is 34.1 Å². The fourth-order valence-electron chi connectivity index (χ4n) is 11.7. The predicted molar refractivity (Wildman–Crippen MR) is 475 cm³/mol. The molecule has 0 saturated heterocycles. The third-order valence-corrected chi connectivity index (χ3v) is 18.8. The van der Waals surface area contributed by atoms with Crippen LogP contribution in [0.4, 0.5) is 0 Å². The van der Waals surface area contributed by atoms with Crippen molar-refractivity contribution < 1.29 is 112 Å². The monoisotopic (exact) mass is 1810 g/mol. The molecule has 0 fully saturated rings. The van der Waals surface area contributed by atoms with Gasteiger partial charge < -0.3 is 78.0 Å². The zero-order valence-corrected chi connectivity index (χ0v) is 75.5. The molecular weight excluding hydrogens is 1710 g/mol. The van der Waals surface area contributed by atoms with Crippen LogP contribution in [0.15, 0.2) is 322 Å². The summed E-state index contributed by atoms with van der Waals surface area (Å²) in [4.78, 5) is 54.2. The van der Waals surface area contributed by atoms with Crippen molar-refractivity contribution in [1.29, 1.82) is 0 Å². The van der Waals surface area contributed by atoms with Crippen LogP contribution in [-0.2, 0) is 34.1 Å². The van der Waals surface area contributed by atoms with E-state index in [1.807, 2.05) is 207 Å². The van der Waals surface area contributed by atoms with Crippen LogP contribution >= 0.6 is 0 Å². The van der Waals surface area contributed by atoms with Gasteiger partial charge in [-0.2, -0.15) is 0 Å². The zero-order chi connectivity index (χ0) is 81.4. The summed E-state index contributed by atoms with van der Waals surface area (Å²) in [7, 11) is 0. The Hall–Kier alpha value is -10.8. The Morgan fingerprint density at radius 1 is 0.220 bits per heavy atom. The van der Waals surface area contributed by atoms with Gasteiger partial charge in [0.1, 0.15) is 34.5 Å². The number of unbranched alkanes of at least 4 members (excludes halogenated alkanes) is 6. The van der Waals surface area contributed by atoms with E-state index in [1.165, 1.54) is 33.4 Å². The van der Waals surface area contributed by atoms with Crippen molar-refractivity contribution >= 4 is 37.3 Å². The van der Waals surface area contributed by atoms with Crippen LogP contribution in [0.2, 0.25) is 0 Å². The van der Waals surface area contributed by atoms with Crippen LogP contribution in [0.5, 0.6) is 34.5 Å². The molecule has 0 aliphatic rings. The summed E-state index contributed by atoms with van der Waals surface area (Å²) < 4.78 is 35.2. The largest absolute Gasteiger partial charge is 2.00 e. The first-order valence-electron chi connectivity index (χ1n) is 40.5. The molecule has 0 radical (unpaired) electrons. The first-order valence-corrected chi connectivity index (χ1v) is 40.5. The van der Waals surface area contributed by atoms with Gasteiger partial charge in [-0.3, -0.25) is 59.9 Å². The summed E-state index contributed by atoms with van der Waals surface area (Å²) in [5.74, 6) is 4.70. The van der Waals surface area contributed by atoms with Gasteiger partial charge in [0, 0.05) is 61.8 Å². The molecule has 18 nitrogen and oxygen atoms in total. The second kappa shape index (κ2) is 61.5. The van der Waals surface area contributed by atoms with Crippen LogP contribution in [-0.4, -0.2) is 107 Å². The molecular formula is C99H108Cl4Fe2N12O6. The van der Waals surface area contributed by atoms with Crippen molar-refractivity contribution in [3.63, 3.8) is 0 Å². The van der Waals surface area contributed by atoms with Crippen LogP contribution < -0.4 is 78.0 Å². The number of ether oxygens (including phenoxy) is 6. The molecule has 6 aromatic carbocycles. The van der Waals surface area contributed by atoms with Gasteiger partial charge in [-0.15, -0.1) is 0 Å². The topological polar surface area (TPSA) is 207 Å². The molecule has 0 bridgehead atoms. The summed E-state index contributed by atoms with van der Waals surface area (Å²) in [5, 5.41) is 0. The number of aliphatic imine (C=N–C) groups is 6. The van der Waals surface area contributed by atoms with Crippen LogP contribution in [0.1, 0.15) is 203 Å². The summed E-state index contributed by atoms with van der Waals surface area (Å²) in [5.41, 5.74) is 11.9. The standard InChI is InChI=1S/3C33H36N4O2.4ClH.2Fe/c1-26(28-12-6-3-7-13-28)34-22-30-16-18-32(24-36-30)38-20-10-5-11-21-39-33-19-17-31(37-25-33)23-35-27(2)29-14-8-4-9-15-29;2*1-26(28-12-6-3-7-13-28)35-23-30-16-17-33(25-37-30)39-21-11-5-10-20-38-32-18-19-34-31(22-32)24-36-27(2)29-14-8-4-9-15-29;;;;;;/h3*3-4,6-9,12-19,22-27H,5,10-11,20-21H2,1-2H3;4*1H;;/q;;;;;;;2*+2/p-4/t3*26-,27-;;;;;;/m111....../s1. The average molecular weight is 1820 g/mol. The maximum atomic E-state index is 5.92. The molecule has 24 heteroatoms. The molecule has 12 rings (SSSR count). The minimum atomic E-state index is 0. The molecule has 644 valence electrons. The molecule has 0 saturated carbocycles. The van der Waals surface area contributed by atoms with E-state index in [9.17, 15) is 0 Å². The summed E-state index contributed by atoms with van der Waals surface area (Å²) in [6, 6.07) is 85.0. The Bertz CT molecular complexity index is 4630. The molecule has 6 heterocycles. The molecule has 0 N–H and O–H groups in total. The number of halogens is 4. The van der Waals surface area contributed by atoms with Gasteiger partial charge in [0.25, 0.3) is 0 Å². The first kappa shape index (κ1) is 105. The maximum Gasteiger partial charge on any atom is 2.00 e. The van der Waals surface area contributed by atoms with E-state index in [1.54, 1.807) is 49.6 Å². The van der Waals surface area contributed by atoms with E-state index in [-0.39, 0.29) is 120 Å². The fraction of sp³-hybridized carbons (Fsp3) is 0.273. The van der Waals surface area contributed by atoms with E-state index in [0.29, 0.717) is 39.6 Å². The van der Waals surface area contributed by atoms with Gasteiger partial charge in [0.2, 0.25) is 0 Å². The molecule has 0 unspecified atom stereocenters. The molecule has 6 atom stereocenters. The Morgan fingerprint density at radius 3 is 0.593 bits per heavy atom. The first-order chi connectivity index (χ1) is 57.5. The number of hydrogen-bond acceptors (Lipinski definition) is 18. The van der Waals surface area contributed by atoms with Crippen molar-refractivity contribution in [3.05, 3.63) is 360 Å². The van der Waals surface area contributed by atoms with Crippen LogP contribution in [0.3, 0.4) is 0 Å². The molecule has 6 aromatic heterocycles. The van der Waals surface area contributed by atoms with Crippen molar-refractivity contribution in [2.24, 2.45) is 30.0 Å². The summed E-state index contributed by atoms with van der Waals surface area (Å²) >= 11 is 0. The SMILES string of the molecule is C[C@@H](N=Cc1ccc(OCCCCCOc2ccc(C=N[C@H](C)c3ccccc3)nc2)cn1)c1ccccc1.C[C@@H](N=Cc1ccc(OCCCCCOc2ccnc(C=N[C@H](C)c3ccccc3)c2)cn1)c1ccccc1.C[C@@H](N=Cc1ccc(OCCCCCOc2ccnc(C=N[C@H](C)c3ccccc3)c2)cn1)c1ccccc1.[Cl-].[Cl-].[Cl-].[Cl-].[Fe+2].[Fe+2]. The average Bonchev–Trinajstić information content (AvgIpc) is 0.895. The van der Waals surface area contributed by atoms with Crippen molar-refractivity contribution in [2.45, 2.75) is 136 Å². The molecule has 123 heavy (non-hydrogen) atoms. The second-order valence-corrected chi connectivity index (χ2v) is 28.0. The second-order valence-electron chi connectivity index (χ2n) is 28.0. The van der Waals surface area contributed by atoms with Crippen molar-refractivity contribution in [2.75, 3.05) is 39.6 Å². The van der Waals surface area contributed by atoms with E-state index >= 15 is 0 Å². The fourth-order valence-corrected chi connectivity index (χ4v) is 11.7. The maximum absolute atomic E-state index is 5.92. The number of nitrogens with zero attached hydrogens (tertiary/aromatic N) is 12. The van der Waals surface area contributed by atoms with Crippen molar-refractivity contribution in [1.82, 2.24) is 29.9 Å². The third-order valence-electron chi connectivity index (χ3n) is 18.8. The van der Waals surface area contributed by atoms with Crippen LogP contribution in [0.25, 0.3) is 0 Å². The zero-order valence-electron chi connectivity index (χ0n) is 70.3. The molecule has 0 aliphatic carbocycles. The Balaban J connectivity index is 0.000000378. The molecule has 0 spiro atoms. The minimum absolute atomic E-state index is 0. The van der Waals surface area contributed by atoms with Gasteiger partial charge in [-0.1, -0.05) is 182 Å². The van der Waals surface area contributed by atoms with Crippen molar-refractivity contribution in [3.8, 4) is 34.5 Å². The van der Waals surface area contributed by atoms with Gasteiger partial charge in [-0.25, -0.2) is 0 Å². The Labute approximate surface area is 772 Å². The quantitative estimate of drug-likeness (QED) is 0.0199. The number of benzene rings is 6. The van der Waals surface area contributed by atoms with Gasteiger partial charge in [-0.05, 0) is 193 Å². The predicted octanol–water partition coefficient (Wildman–Crippen LogP) is 10.4. The van der Waals surface area contributed by atoms with E-state index in [4.69, 9.17) is 28.4 Å². The Morgan fingerprint density at radius 2 is 0.407 bits per heavy atom. The minimum Gasteiger partial charge on any atom is -1.00 e. The molecule has 12 aromatic rings. The number of hydrogen-bond donors (Lipinski definition) is 0. The van der Waals surface area contributed by atoms with Gasteiger partial charge in [0.15, 0.2) is 0 Å². The van der Waals surface area contributed by atoms with E-state index in [2.05, 4.69) is 174 Å². The van der Waals surface area contributed by atoms with E-state index < -0.39 is 0 Å². The van der Waals surface area contributed by atoms with E-state index in [0.717, 1.165) is 126 Å². The number of rotatable bonds is 42. The molecule has 0 amide bonds. The van der Waals surface area contributed by atoms with Gasteiger partial charge in [0.05, 0.1) is 135 Å². The Kier molecular flexibility index (Phi) is 52.3. The summed E-state index contributed by atoms with van der Waals surface area (Å²) in [6.07, 6.45) is 30.1. The smallest absolute Gasteiger partial charge is 1.00 e. The summed E-state index contributed by atoms with van der Waals surface area (Å²) in [6.45, 7) is 16.3. The van der Waals surface area contributed by atoms with Crippen LogP contribution in [0, 0.1) is 0 Å².